The summed E-state index contributed by atoms with van der Waals surface area (Å²) < 4.78 is 4.78. The first-order valence-corrected chi connectivity index (χ1v) is 8.13. The van der Waals surface area contributed by atoms with Crippen LogP contribution < -0.4 is 0 Å². The molecular weight excluding hydrogens is 302 g/mol. The largest absolute Gasteiger partial charge is 0.469 e. The molecule has 0 bridgehead atoms. The molecule has 0 amide bonds. The topological polar surface area (TPSA) is 39.2 Å². The minimum absolute atomic E-state index is 0.240. The zero-order valence-corrected chi connectivity index (χ0v) is 13.0. The van der Waals surface area contributed by atoms with Crippen molar-refractivity contribution in [1.29, 1.82) is 0 Å². The molecule has 2 heterocycles. The molecule has 0 aliphatic heterocycles. The molecule has 2 aromatic heterocycles. The zero-order valence-electron chi connectivity index (χ0n) is 11.4. The average molecular weight is 315 g/mol. The van der Waals surface area contributed by atoms with Crippen LogP contribution in [0, 0.1) is 0 Å². The van der Waals surface area contributed by atoms with Crippen LogP contribution in [0.2, 0.25) is 0 Å². The lowest BCUT2D eigenvalue weighted by atomic mass is 10.2. The highest BCUT2D eigenvalue weighted by molar-refractivity contribution is 7.17. The second kappa shape index (κ2) is 6.20. The normalized spacial score (nSPS) is 10.5. The Morgan fingerprint density at radius 2 is 2.00 bits per heavy atom. The lowest BCUT2D eigenvalue weighted by Gasteiger charge is -1.98. The van der Waals surface area contributed by atoms with Crippen LogP contribution in [0.25, 0.3) is 21.1 Å². The second-order valence-electron chi connectivity index (χ2n) is 4.39. The van der Waals surface area contributed by atoms with Crippen molar-refractivity contribution in [2.75, 3.05) is 7.11 Å². The van der Waals surface area contributed by atoms with Crippen molar-refractivity contribution < 1.29 is 9.53 Å². The van der Waals surface area contributed by atoms with Gasteiger partial charge in [-0.25, -0.2) is 4.98 Å². The predicted octanol–water partition coefficient (Wildman–Crippen LogP) is 4.25. The molecule has 0 saturated carbocycles. The third-order valence-electron chi connectivity index (χ3n) is 3.01. The summed E-state index contributed by atoms with van der Waals surface area (Å²) >= 11 is 3.17. The van der Waals surface area contributed by atoms with Gasteiger partial charge in [0.15, 0.2) is 0 Å². The molecule has 0 aliphatic carbocycles. The van der Waals surface area contributed by atoms with E-state index in [0.29, 0.717) is 0 Å². The number of aromatic nitrogens is 1. The van der Waals surface area contributed by atoms with Gasteiger partial charge in [-0.05, 0) is 11.4 Å². The Morgan fingerprint density at radius 1 is 1.19 bits per heavy atom. The van der Waals surface area contributed by atoms with Gasteiger partial charge in [-0.2, -0.15) is 0 Å². The Morgan fingerprint density at radius 3 is 2.67 bits per heavy atom. The maximum atomic E-state index is 11.6. The number of thiazole rings is 1. The van der Waals surface area contributed by atoms with E-state index in [1.165, 1.54) is 7.11 Å². The average Bonchev–Trinajstić information content (AvgIpc) is 3.17. The van der Waals surface area contributed by atoms with E-state index < -0.39 is 0 Å². The van der Waals surface area contributed by atoms with Crippen molar-refractivity contribution >= 4 is 28.6 Å². The van der Waals surface area contributed by atoms with Gasteiger partial charge in [0.25, 0.3) is 0 Å². The summed E-state index contributed by atoms with van der Waals surface area (Å²) in [6.45, 7) is 0. The van der Waals surface area contributed by atoms with Crippen LogP contribution in [0.5, 0.6) is 0 Å². The van der Waals surface area contributed by atoms with Crippen LogP contribution in [-0.4, -0.2) is 18.1 Å². The van der Waals surface area contributed by atoms with E-state index in [-0.39, 0.29) is 12.4 Å². The Bertz CT molecular complexity index is 733. The molecule has 0 spiro atoms. The van der Waals surface area contributed by atoms with Crippen LogP contribution in [0.4, 0.5) is 0 Å². The maximum absolute atomic E-state index is 11.6. The molecule has 0 radical (unpaired) electrons. The number of nitrogens with zero attached hydrogens (tertiary/aromatic N) is 1. The fourth-order valence-corrected chi connectivity index (χ4v) is 3.86. The SMILES string of the molecule is COC(=O)Cc1sc(-c2ccccc2)nc1-c1cccs1. The Kier molecular flexibility index (Phi) is 4.13. The van der Waals surface area contributed by atoms with Gasteiger partial charge in [-0.15, -0.1) is 22.7 Å². The molecule has 1 aromatic carbocycles. The molecule has 5 heteroatoms. The van der Waals surface area contributed by atoms with Gasteiger partial charge in [0.2, 0.25) is 0 Å². The summed E-state index contributed by atoms with van der Waals surface area (Å²) in [5.41, 5.74) is 1.95. The molecule has 3 rings (SSSR count). The van der Waals surface area contributed by atoms with Crippen LogP contribution in [0.3, 0.4) is 0 Å². The van der Waals surface area contributed by atoms with Crippen LogP contribution in [0.1, 0.15) is 4.88 Å². The van der Waals surface area contributed by atoms with Crippen LogP contribution in [0.15, 0.2) is 47.8 Å². The van der Waals surface area contributed by atoms with Gasteiger partial charge in [0.05, 0.1) is 24.1 Å². The molecule has 106 valence electrons. The number of hydrogen-bond acceptors (Lipinski definition) is 5. The minimum atomic E-state index is -0.240. The summed E-state index contributed by atoms with van der Waals surface area (Å²) in [5.74, 6) is -0.240. The van der Waals surface area contributed by atoms with E-state index in [9.17, 15) is 4.79 Å². The summed E-state index contributed by atoms with van der Waals surface area (Å²) in [6, 6.07) is 14.0. The van der Waals surface area contributed by atoms with E-state index in [4.69, 9.17) is 9.72 Å². The number of hydrogen-bond donors (Lipinski definition) is 0. The molecule has 3 nitrogen and oxygen atoms in total. The number of benzene rings is 1. The Labute approximate surface area is 130 Å². The maximum Gasteiger partial charge on any atom is 0.310 e. The Hall–Kier alpha value is -1.98. The fourth-order valence-electron chi connectivity index (χ4n) is 1.98. The first kappa shape index (κ1) is 14.0. The molecule has 0 aliphatic rings. The molecule has 0 saturated heterocycles. The zero-order chi connectivity index (χ0) is 14.7. The molecule has 0 fully saturated rings. The van der Waals surface area contributed by atoms with E-state index in [2.05, 4.69) is 0 Å². The van der Waals surface area contributed by atoms with Gasteiger partial charge in [-0.3, -0.25) is 4.79 Å². The predicted molar refractivity (Wildman–Crippen MR) is 86.6 cm³/mol. The van der Waals surface area contributed by atoms with Crippen molar-refractivity contribution in [3.05, 3.63) is 52.7 Å². The summed E-state index contributed by atoms with van der Waals surface area (Å²) in [6.07, 6.45) is 0.258. The quantitative estimate of drug-likeness (QED) is 0.676. The first-order valence-electron chi connectivity index (χ1n) is 6.43. The number of carbonyl (C=O) groups excluding carboxylic acids is 1. The molecule has 21 heavy (non-hydrogen) atoms. The first-order chi connectivity index (χ1) is 10.3. The summed E-state index contributed by atoms with van der Waals surface area (Å²) in [4.78, 5) is 18.4. The molecule has 3 aromatic rings. The third-order valence-corrected chi connectivity index (χ3v) is 4.99. The molecule has 0 unspecified atom stereocenters. The van der Waals surface area contributed by atoms with Gasteiger partial charge < -0.3 is 4.74 Å². The van der Waals surface area contributed by atoms with E-state index in [1.807, 2.05) is 47.8 Å². The third kappa shape index (κ3) is 3.04. The highest BCUT2D eigenvalue weighted by atomic mass is 32.1. The van der Waals surface area contributed by atoms with E-state index in [0.717, 1.165) is 26.0 Å². The lowest BCUT2D eigenvalue weighted by molar-refractivity contribution is -0.139. The number of esters is 1. The van der Waals surface area contributed by atoms with Crippen molar-refractivity contribution in [3.8, 4) is 21.1 Å². The van der Waals surface area contributed by atoms with Crippen LogP contribution >= 0.6 is 22.7 Å². The van der Waals surface area contributed by atoms with E-state index >= 15 is 0 Å². The minimum Gasteiger partial charge on any atom is -0.469 e. The second-order valence-corrected chi connectivity index (χ2v) is 6.42. The number of ether oxygens (including phenoxy) is 1. The summed E-state index contributed by atoms with van der Waals surface area (Å²) in [5, 5.41) is 2.94. The smallest absolute Gasteiger partial charge is 0.310 e. The fraction of sp³-hybridized carbons (Fsp3) is 0.125. The van der Waals surface area contributed by atoms with Gasteiger partial charge in [0.1, 0.15) is 5.01 Å². The molecular formula is C16H13NO2S2. The summed E-state index contributed by atoms with van der Waals surface area (Å²) in [7, 11) is 1.41. The van der Waals surface area contributed by atoms with Crippen molar-refractivity contribution in [2.45, 2.75) is 6.42 Å². The molecule has 0 atom stereocenters. The molecule has 0 N–H and O–H groups in total. The van der Waals surface area contributed by atoms with Crippen molar-refractivity contribution in [1.82, 2.24) is 4.98 Å². The van der Waals surface area contributed by atoms with Crippen LogP contribution in [-0.2, 0) is 16.0 Å². The number of carbonyl (C=O) groups is 1. The van der Waals surface area contributed by atoms with Crippen molar-refractivity contribution in [2.24, 2.45) is 0 Å². The monoisotopic (exact) mass is 315 g/mol. The number of rotatable bonds is 4. The van der Waals surface area contributed by atoms with Crippen molar-refractivity contribution in [3.63, 3.8) is 0 Å². The number of methoxy groups -OCH3 is 1. The number of thiophene rings is 1. The highest BCUT2D eigenvalue weighted by Crippen LogP contribution is 2.36. The van der Waals surface area contributed by atoms with Gasteiger partial charge in [0, 0.05) is 10.4 Å². The highest BCUT2D eigenvalue weighted by Gasteiger charge is 2.17. The Balaban J connectivity index is 2.05. The van der Waals surface area contributed by atoms with E-state index in [1.54, 1.807) is 22.7 Å². The van der Waals surface area contributed by atoms with Gasteiger partial charge >= 0.3 is 5.97 Å². The van der Waals surface area contributed by atoms with Gasteiger partial charge in [-0.1, -0.05) is 36.4 Å². The lowest BCUT2D eigenvalue weighted by Crippen LogP contribution is -2.03. The standard InChI is InChI=1S/C16H13NO2S2/c1-19-14(18)10-13-15(12-8-5-9-20-12)17-16(21-13)11-6-3-2-4-7-11/h2-9H,10H2,1H3.